The Balaban J connectivity index is 3.68. The molecule has 0 aromatic heterocycles. The molecule has 0 bridgehead atoms. The predicted molar refractivity (Wildman–Crippen MR) is 63.6 cm³/mol. The van der Waals surface area contributed by atoms with Crippen LogP contribution in [-0.4, -0.2) is 13.3 Å². The van der Waals surface area contributed by atoms with Crippen LogP contribution in [0, 0.1) is 25.0 Å². The normalized spacial score (nSPS) is 10.8. The largest absolute Gasteiger partial charge is 0.284 e. The Kier molecular flexibility index (Phi) is 3.72. The summed E-state index contributed by atoms with van der Waals surface area (Å²) in [5.41, 5.74) is -0.621. The van der Waals surface area contributed by atoms with E-state index in [1.165, 1.54) is 0 Å². The van der Waals surface area contributed by atoms with Gasteiger partial charge in [-0.05, 0) is 28.7 Å². The maximum Gasteiger partial charge on any atom is 0.284 e. The van der Waals surface area contributed by atoms with Crippen LogP contribution in [0.4, 0.5) is 5.69 Å². The molecular formula is C7H2ClIN2O4S. The number of nitrogens with zero attached hydrogens (tertiary/aromatic N) is 2. The number of nitro groups is 1. The minimum atomic E-state index is -4.18. The summed E-state index contributed by atoms with van der Waals surface area (Å²) in [5, 5.41) is 19.3. The number of rotatable bonds is 2. The highest BCUT2D eigenvalue weighted by Crippen LogP contribution is 2.29. The van der Waals surface area contributed by atoms with Crippen molar-refractivity contribution in [2.24, 2.45) is 0 Å². The topological polar surface area (TPSA) is 101 Å². The zero-order valence-corrected chi connectivity index (χ0v) is 11.1. The smallest absolute Gasteiger partial charge is 0.258 e. The van der Waals surface area contributed by atoms with Gasteiger partial charge in [0.2, 0.25) is 0 Å². The standard InChI is InChI=1S/C7H2ClIN2O4S/c8-16(14,15)7-2-6(11(12)13)5(9)1-4(7)3-10/h1-2H. The Labute approximate surface area is 109 Å². The molecule has 0 atom stereocenters. The van der Waals surface area contributed by atoms with Crippen molar-refractivity contribution in [3.05, 3.63) is 31.4 Å². The van der Waals surface area contributed by atoms with E-state index in [0.717, 1.165) is 12.1 Å². The lowest BCUT2D eigenvalue weighted by molar-refractivity contribution is -0.386. The minimum Gasteiger partial charge on any atom is -0.258 e. The second-order valence-corrected chi connectivity index (χ2v) is 6.30. The van der Waals surface area contributed by atoms with Gasteiger partial charge in [0.05, 0.1) is 14.1 Å². The van der Waals surface area contributed by atoms with Crippen LogP contribution in [0.1, 0.15) is 5.56 Å². The van der Waals surface area contributed by atoms with Crippen molar-refractivity contribution in [3.63, 3.8) is 0 Å². The zero-order valence-electron chi connectivity index (χ0n) is 7.35. The minimum absolute atomic E-state index is 0.170. The van der Waals surface area contributed by atoms with Gasteiger partial charge in [0.15, 0.2) is 0 Å². The van der Waals surface area contributed by atoms with Crippen molar-refractivity contribution in [2.75, 3.05) is 0 Å². The predicted octanol–water partition coefficient (Wildman–Crippen LogP) is 2.00. The molecule has 0 saturated carbocycles. The number of halogens is 2. The Bertz CT molecular complexity index is 608. The highest BCUT2D eigenvalue weighted by Gasteiger charge is 2.23. The second kappa shape index (κ2) is 4.52. The highest BCUT2D eigenvalue weighted by atomic mass is 127. The van der Waals surface area contributed by atoms with Gasteiger partial charge < -0.3 is 0 Å². The van der Waals surface area contributed by atoms with Gasteiger partial charge in [-0.15, -0.1) is 0 Å². The molecular weight excluding hydrogens is 371 g/mol. The first kappa shape index (κ1) is 13.1. The van der Waals surface area contributed by atoms with E-state index in [9.17, 15) is 18.5 Å². The quantitative estimate of drug-likeness (QED) is 0.342. The van der Waals surface area contributed by atoms with Crippen molar-refractivity contribution < 1.29 is 13.3 Å². The van der Waals surface area contributed by atoms with Crippen LogP contribution in [0.3, 0.4) is 0 Å². The van der Waals surface area contributed by atoms with Crippen LogP contribution < -0.4 is 0 Å². The molecule has 0 aliphatic heterocycles. The van der Waals surface area contributed by atoms with Crippen molar-refractivity contribution >= 4 is 48.0 Å². The Morgan fingerprint density at radius 3 is 2.44 bits per heavy atom. The summed E-state index contributed by atoms with van der Waals surface area (Å²) in [6.07, 6.45) is 0. The summed E-state index contributed by atoms with van der Waals surface area (Å²) in [6, 6.07) is 3.50. The third kappa shape index (κ3) is 2.60. The maximum absolute atomic E-state index is 11.1. The van der Waals surface area contributed by atoms with Gasteiger partial charge in [-0.25, -0.2) is 8.42 Å². The highest BCUT2D eigenvalue weighted by molar-refractivity contribution is 14.1. The second-order valence-electron chi connectivity index (χ2n) is 2.61. The van der Waals surface area contributed by atoms with Crippen LogP contribution in [0.5, 0.6) is 0 Å². The SMILES string of the molecule is N#Cc1cc(I)c([N+](=O)[O-])cc1S(=O)(=O)Cl. The van der Waals surface area contributed by atoms with Crippen LogP contribution in [0.2, 0.25) is 0 Å². The molecule has 0 fully saturated rings. The fraction of sp³-hybridized carbons (Fsp3) is 0. The monoisotopic (exact) mass is 372 g/mol. The molecule has 0 radical (unpaired) electrons. The Morgan fingerprint density at radius 1 is 1.50 bits per heavy atom. The molecule has 1 aromatic carbocycles. The Hall–Kier alpha value is -0.920. The Morgan fingerprint density at radius 2 is 2.06 bits per heavy atom. The van der Waals surface area contributed by atoms with Crippen molar-refractivity contribution in [1.82, 2.24) is 0 Å². The summed E-state index contributed by atoms with van der Waals surface area (Å²) < 4.78 is 22.3. The first-order valence-electron chi connectivity index (χ1n) is 3.60. The summed E-state index contributed by atoms with van der Waals surface area (Å²) in [5.74, 6) is 0. The molecule has 9 heteroatoms. The van der Waals surface area contributed by atoms with E-state index >= 15 is 0 Å². The first-order chi connectivity index (χ1) is 7.27. The molecule has 0 unspecified atom stereocenters. The lowest BCUT2D eigenvalue weighted by Crippen LogP contribution is -2.00. The molecule has 0 N–H and O–H groups in total. The summed E-state index contributed by atoms with van der Waals surface area (Å²) >= 11 is 1.64. The molecule has 1 rings (SSSR count). The molecule has 6 nitrogen and oxygen atoms in total. The summed E-state index contributed by atoms with van der Waals surface area (Å²) in [4.78, 5) is 9.29. The number of hydrogen-bond donors (Lipinski definition) is 0. The van der Waals surface area contributed by atoms with Crippen LogP contribution in [0.15, 0.2) is 17.0 Å². The van der Waals surface area contributed by atoms with Gasteiger partial charge in [-0.3, -0.25) is 10.1 Å². The molecule has 84 valence electrons. The average molecular weight is 373 g/mol. The maximum atomic E-state index is 11.1. The van der Waals surface area contributed by atoms with Gasteiger partial charge in [0, 0.05) is 16.7 Å². The molecule has 0 spiro atoms. The summed E-state index contributed by atoms with van der Waals surface area (Å²) in [7, 11) is 0.891. The van der Waals surface area contributed by atoms with E-state index in [1.54, 1.807) is 28.7 Å². The molecule has 0 amide bonds. The lowest BCUT2D eigenvalue weighted by Gasteiger charge is -2.01. The number of nitriles is 1. The van der Waals surface area contributed by atoms with Crippen LogP contribution in [0.25, 0.3) is 0 Å². The van der Waals surface area contributed by atoms with E-state index in [4.69, 9.17) is 15.9 Å². The first-order valence-corrected chi connectivity index (χ1v) is 6.99. The van der Waals surface area contributed by atoms with E-state index in [-0.39, 0.29) is 9.13 Å². The zero-order chi connectivity index (χ0) is 12.5. The van der Waals surface area contributed by atoms with E-state index in [1.807, 2.05) is 0 Å². The number of hydrogen-bond acceptors (Lipinski definition) is 5. The van der Waals surface area contributed by atoms with Gasteiger partial charge in [0.25, 0.3) is 14.7 Å². The fourth-order valence-electron chi connectivity index (χ4n) is 0.972. The molecule has 0 aliphatic carbocycles. The third-order valence-electron chi connectivity index (χ3n) is 1.63. The van der Waals surface area contributed by atoms with Crippen molar-refractivity contribution in [3.8, 4) is 6.07 Å². The molecule has 16 heavy (non-hydrogen) atoms. The van der Waals surface area contributed by atoms with E-state index in [0.29, 0.717) is 0 Å². The molecule has 0 saturated heterocycles. The van der Waals surface area contributed by atoms with Gasteiger partial charge in [-0.2, -0.15) is 5.26 Å². The van der Waals surface area contributed by atoms with Gasteiger partial charge in [-0.1, -0.05) is 0 Å². The molecule has 0 aliphatic rings. The molecule has 1 aromatic rings. The van der Waals surface area contributed by atoms with E-state index in [2.05, 4.69) is 0 Å². The third-order valence-corrected chi connectivity index (χ3v) is 3.85. The average Bonchev–Trinajstić information content (AvgIpc) is 2.14. The van der Waals surface area contributed by atoms with Crippen LogP contribution in [-0.2, 0) is 9.05 Å². The van der Waals surface area contributed by atoms with Gasteiger partial charge in [0.1, 0.15) is 11.0 Å². The number of nitro benzene ring substituents is 1. The fourth-order valence-corrected chi connectivity index (χ4v) is 2.64. The van der Waals surface area contributed by atoms with Crippen LogP contribution >= 0.6 is 33.3 Å². The van der Waals surface area contributed by atoms with Crippen molar-refractivity contribution in [1.29, 1.82) is 5.26 Å². The molecule has 0 heterocycles. The lowest BCUT2D eigenvalue weighted by atomic mass is 10.2. The summed E-state index contributed by atoms with van der Waals surface area (Å²) in [6.45, 7) is 0. The van der Waals surface area contributed by atoms with E-state index < -0.39 is 24.6 Å². The van der Waals surface area contributed by atoms with Gasteiger partial charge >= 0.3 is 0 Å². The number of benzene rings is 1. The van der Waals surface area contributed by atoms with Crippen molar-refractivity contribution in [2.45, 2.75) is 4.90 Å².